The predicted octanol–water partition coefficient (Wildman–Crippen LogP) is -1.02. The monoisotopic (exact) mass is 643 g/mol. The lowest BCUT2D eigenvalue weighted by Gasteiger charge is -2.39. The number of allylic oxidation sites excluding steroid dienone is 2. The van der Waals surface area contributed by atoms with Gasteiger partial charge in [-0.05, 0) is 39.3 Å². The van der Waals surface area contributed by atoms with Crippen molar-refractivity contribution in [3.8, 4) is 5.75 Å². The molecule has 9 N–H and O–H groups in total. The van der Waals surface area contributed by atoms with E-state index in [0.717, 1.165) is 11.1 Å². The van der Waals surface area contributed by atoms with Crippen molar-refractivity contribution in [3.05, 3.63) is 51.9 Å². The number of fused-ring (bicyclic) bond motifs is 5. The van der Waals surface area contributed by atoms with Crippen LogP contribution in [-0.4, -0.2) is 113 Å². The minimum atomic E-state index is -0.957. The minimum absolute atomic E-state index is 0.0485. The Hall–Kier alpha value is -3.53. The molecule has 0 aromatic heterocycles. The number of Topliss-reactive ketones (excluding diaryl/α,β-unsaturated/α-hetero) is 2. The lowest BCUT2D eigenvalue weighted by molar-refractivity contribution is -0.137. The van der Waals surface area contributed by atoms with Crippen LogP contribution in [-0.2, 0) is 31.9 Å². The molecule has 3 aliphatic heterocycles. The highest BCUT2D eigenvalue weighted by molar-refractivity contribution is 6.25. The van der Waals surface area contributed by atoms with E-state index in [1.807, 2.05) is 43.9 Å². The van der Waals surface area contributed by atoms with E-state index in [1.165, 1.54) is 14.0 Å². The van der Waals surface area contributed by atoms with Crippen molar-refractivity contribution < 1.29 is 43.9 Å². The number of amides is 1. The molecule has 14 nitrogen and oxygen atoms in total. The van der Waals surface area contributed by atoms with Gasteiger partial charge in [-0.3, -0.25) is 9.59 Å². The first kappa shape index (κ1) is 33.8. The van der Waals surface area contributed by atoms with Crippen molar-refractivity contribution in [3.63, 3.8) is 0 Å². The molecule has 0 saturated carbocycles. The lowest BCUT2D eigenvalue weighted by atomic mass is 9.82. The van der Waals surface area contributed by atoms with Crippen LogP contribution in [0.4, 0.5) is 4.79 Å². The summed E-state index contributed by atoms with van der Waals surface area (Å²) < 4.78 is 16.5. The van der Waals surface area contributed by atoms with Crippen LogP contribution in [0.1, 0.15) is 38.8 Å². The van der Waals surface area contributed by atoms with Crippen molar-refractivity contribution in [1.29, 1.82) is 0 Å². The van der Waals surface area contributed by atoms with Gasteiger partial charge in [-0.25, -0.2) is 4.79 Å². The predicted molar refractivity (Wildman–Crippen MR) is 165 cm³/mol. The topological polar surface area (TPSA) is 229 Å². The van der Waals surface area contributed by atoms with E-state index in [2.05, 4.69) is 10.6 Å². The molecule has 0 spiro atoms. The highest BCUT2D eigenvalue weighted by Gasteiger charge is 2.72. The van der Waals surface area contributed by atoms with Gasteiger partial charge >= 0.3 is 6.09 Å². The summed E-state index contributed by atoms with van der Waals surface area (Å²) in [7, 11) is 1.52. The van der Waals surface area contributed by atoms with Crippen LogP contribution in [0.2, 0.25) is 0 Å². The van der Waals surface area contributed by atoms with Crippen LogP contribution in [0, 0.1) is 5.92 Å². The molecule has 0 radical (unpaired) electrons. The minimum Gasteiger partial charge on any atom is -0.491 e. The van der Waals surface area contributed by atoms with Gasteiger partial charge in [0.15, 0.2) is 5.72 Å². The van der Waals surface area contributed by atoms with E-state index in [-0.39, 0.29) is 53.5 Å². The third-order valence-electron chi connectivity index (χ3n) is 9.29. The molecular weight excluding hydrogens is 598 g/mol. The molecule has 1 amide bonds. The van der Waals surface area contributed by atoms with Gasteiger partial charge in [0.2, 0.25) is 11.6 Å². The van der Waals surface area contributed by atoms with Crippen molar-refractivity contribution in [1.82, 2.24) is 15.5 Å². The number of piperazine rings is 1. The smallest absolute Gasteiger partial charge is 0.404 e. The number of nitrogens with two attached hydrogens (primary N) is 2. The molecule has 252 valence electrons. The summed E-state index contributed by atoms with van der Waals surface area (Å²) in [5.41, 5.74) is 12.5. The number of aliphatic hydroxyl groups excluding tert-OH is 3. The first-order chi connectivity index (χ1) is 21.6. The van der Waals surface area contributed by atoms with E-state index < -0.39 is 41.8 Å². The second-order valence-corrected chi connectivity index (χ2v) is 13.5. The molecule has 2 aliphatic carbocycles. The van der Waals surface area contributed by atoms with Gasteiger partial charge in [0.05, 0.1) is 35.6 Å². The molecule has 2 fully saturated rings. The van der Waals surface area contributed by atoms with E-state index in [9.17, 15) is 29.7 Å². The van der Waals surface area contributed by atoms with Gasteiger partial charge in [0.25, 0.3) is 0 Å². The fraction of sp³-hybridized carbons (Fsp3) is 0.594. The number of methoxy groups -OCH3 is 1. The van der Waals surface area contributed by atoms with Crippen molar-refractivity contribution >= 4 is 17.7 Å². The number of carbonyl (C=O) groups is 3. The molecule has 0 bridgehead atoms. The number of aliphatic hydroxyl groups is 3. The fourth-order valence-electron chi connectivity index (χ4n) is 6.85. The Morgan fingerprint density at radius 2 is 1.89 bits per heavy atom. The molecule has 7 atom stereocenters. The van der Waals surface area contributed by atoms with Crippen LogP contribution < -0.4 is 26.8 Å². The molecular formula is C32H45N5O9. The summed E-state index contributed by atoms with van der Waals surface area (Å²) in [6, 6.07) is 5.76. The summed E-state index contributed by atoms with van der Waals surface area (Å²) in [4.78, 5) is 38.4. The van der Waals surface area contributed by atoms with E-state index in [1.54, 1.807) is 0 Å². The van der Waals surface area contributed by atoms with Crippen molar-refractivity contribution in [2.45, 2.75) is 82.2 Å². The molecule has 1 aromatic rings. The quantitative estimate of drug-likeness (QED) is 0.133. The van der Waals surface area contributed by atoms with Gasteiger partial charge in [-0.15, -0.1) is 0 Å². The largest absolute Gasteiger partial charge is 0.491 e. The molecule has 46 heavy (non-hydrogen) atoms. The molecule has 3 heterocycles. The van der Waals surface area contributed by atoms with Gasteiger partial charge in [0, 0.05) is 61.3 Å². The van der Waals surface area contributed by atoms with Gasteiger partial charge < -0.3 is 56.5 Å². The molecule has 1 unspecified atom stereocenters. The molecule has 5 aliphatic rings. The van der Waals surface area contributed by atoms with E-state index >= 15 is 0 Å². The highest BCUT2D eigenvalue weighted by Crippen LogP contribution is 2.55. The van der Waals surface area contributed by atoms with Crippen LogP contribution >= 0.6 is 0 Å². The number of benzene rings is 1. The zero-order valence-electron chi connectivity index (χ0n) is 26.8. The van der Waals surface area contributed by atoms with Gasteiger partial charge in [-0.1, -0.05) is 12.1 Å². The Kier molecular flexibility index (Phi) is 9.25. The number of hydrogen-bond donors (Lipinski definition) is 7. The number of primary amides is 1. The zero-order valence-corrected chi connectivity index (χ0v) is 26.8. The normalized spacial score (nSPS) is 30.2. The Bertz CT molecular complexity index is 1470. The fourth-order valence-corrected chi connectivity index (χ4v) is 6.85. The maximum absolute atomic E-state index is 12.8. The highest BCUT2D eigenvalue weighted by atomic mass is 16.6. The number of ether oxygens (including phenoxy) is 3. The van der Waals surface area contributed by atoms with Crippen LogP contribution in [0.5, 0.6) is 5.75 Å². The summed E-state index contributed by atoms with van der Waals surface area (Å²) >= 11 is 0. The van der Waals surface area contributed by atoms with Crippen LogP contribution in [0.15, 0.2) is 40.7 Å². The second-order valence-electron chi connectivity index (χ2n) is 13.5. The third-order valence-corrected chi connectivity index (χ3v) is 9.29. The number of hydrogen-bond acceptors (Lipinski definition) is 13. The maximum Gasteiger partial charge on any atom is 0.404 e. The van der Waals surface area contributed by atoms with Crippen LogP contribution in [0.3, 0.4) is 0 Å². The third kappa shape index (κ3) is 6.12. The van der Waals surface area contributed by atoms with Crippen molar-refractivity contribution in [2.75, 3.05) is 33.4 Å². The Morgan fingerprint density at radius 3 is 2.54 bits per heavy atom. The summed E-state index contributed by atoms with van der Waals surface area (Å²) in [5, 5.41) is 36.1. The standard InChI is InChI=1S/C17H27NO4.C15H18N4O5/c1-17(2,3)18-9-12(19)10-22-16-6-4-5-11-7-14(20)15(21)8-13(11)16;1-5-9(16)12(21)8-6(4-24-14(17)22)15(23-2)13-7(18-13)3-19(15)10(8)11(5)20/h4-6,12,14-15,18-21H,7-10H2,1-3H3;6-7,13,18H,3-4,16H2,1-2H3,(H2,17,22)/t12?,14-,15+;6-,7+,13+,15-/m11/s1. The number of nitrogens with one attached hydrogen (secondary N) is 2. The molecule has 6 rings (SSSR count). The van der Waals surface area contributed by atoms with E-state index in [0.29, 0.717) is 37.4 Å². The van der Waals surface area contributed by atoms with E-state index in [4.69, 9.17) is 25.7 Å². The Morgan fingerprint density at radius 1 is 1.20 bits per heavy atom. The first-order valence-electron chi connectivity index (χ1n) is 15.4. The summed E-state index contributed by atoms with van der Waals surface area (Å²) in [6.45, 7) is 8.70. The van der Waals surface area contributed by atoms with Gasteiger partial charge in [0.1, 0.15) is 25.1 Å². The lowest BCUT2D eigenvalue weighted by Crippen LogP contribution is -2.55. The SMILES string of the molecule is CC(C)(C)NCC(O)COc1cccc2c1C[C@H](O)[C@H](O)C2.CO[C@@]12[C@H](COC(N)=O)C3=C(C(=O)C(C)=C(N)C3=O)N1C[C@@H]1N[C@@H]12. The van der Waals surface area contributed by atoms with Gasteiger partial charge in [-0.2, -0.15) is 0 Å². The average molecular weight is 644 g/mol. The average Bonchev–Trinajstić information content (AvgIpc) is 3.61. The zero-order chi connectivity index (χ0) is 33.7. The number of ketones is 2. The summed E-state index contributed by atoms with van der Waals surface area (Å²) in [6.07, 6.45) is -2.22. The van der Waals surface area contributed by atoms with Crippen molar-refractivity contribution in [2.24, 2.45) is 17.4 Å². The number of carbonyl (C=O) groups excluding carboxylic acids is 3. The maximum atomic E-state index is 12.8. The number of rotatable bonds is 8. The molecule has 14 heteroatoms. The molecule has 1 aromatic carbocycles. The number of β-amino-alcohol motifs (C(OH)–C–C–N with tert-alkyl or cyclic N) is 1. The number of nitrogens with zero attached hydrogens (tertiary/aromatic N) is 1. The summed E-state index contributed by atoms with van der Waals surface area (Å²) in [5.74, 6) is -0.661. The second kappa shape index (κ2) is 12.6. The Labute approximate surface area is 267 Å². The molecule has 2 saturated heterocycles. The first-order valence-corrected chi connectivity index (χ1v) is 15.4. The Balaban J connectivity index is 0.000000182. The van der Waals surface area contributed by atoms with Crippen LogP contribution in [0.25, 0.3) is 0 Å².